The monoisotopic (exact) mass is 1070 g/mol. The van der Waals surface area contributed by atoms with E-state index in [2.05, 4.69) is 42.7 Å². The molecule has 2 saturated heterocycles. The van der Waals surface area contributed by atoms with Gasteiger partial charge in [0.15, 0.2) is 0 Å². The summed E-state index contributed by atoms with van der Waals surface area (Å²) in [5.41, 5.74) is 4.49. The molecule has 0 saturated carbocycles. The summed E-state index contributed by atoms with van der Waals surface area (Å²) in [5.74, 6) is -0.768. The number of ether oxygens (including phenoxy) is 1. The number of hydrogen-bond donors (Lipinski definition) is 5. The van der Waals surface area contributed by atoms with Crippen molar-refractivity contribution in [3.05, 3.63) is 107 Å². The molecule has 2 aromatic carbocycles. The molecule has 402 valence electrons. The van der Waals surface area contributed by atoms with Crippen LogP contribution in [0.25, 0.3) is 0 Å². The average Bonchev–Trinajstić information content (AvgIpc) is 4.28. The first-order chi connectivity index (χ1) is 36.3. The molecule has 75 heavy (non-hydrogen) atoms. The van der Waals surface area contributed by atoms with Crippen molar-refractivity contribution in [3.8, 4) is 12.1 Å². The molecule has 0 aliphatic carbocycles. The van der Waals surface area contributed by atoms with Gasteiger partial charge in [-0.3, -0.25) is 29.0 Å². The van der Waals surface area contributed by atoms with E-state index in [1.807, 2.05) is 62.4 Å². The lowest BCUT2D eigenvalue weighted by atomic mass is 10.1. The van der Waals surface area contributed by atoms with E-state index in [1.165, 1.54) is 18.9 Å². The van der Waals surface area contributed by atoms with Gasteiger partial charge >= 0.3 is 11.9 Å². The van der Waals surface area contributed by atoms with E-state index in [9.17, 15) is 44.4 Å². The smallest absolute Gasteiger partial charge is 0.328 e. The number of carbonyl (C=O) groups is 6. The first-order valence-corrected chi connectivity index (χ1v) is 28.0. The Balaban J connectivity index is 0.000000277. The Bertz CT molecular complexity index is 2540. The van der Waals surface area contributed by atoms with E-state index in [1.54, 1.807) is 55.0 Å². The molecule has 2 aliphatic rings. The summed E-state index contributed by atoms with van der Waals surface area (Å²) in [4.78, 5) is 97.6. The summed E-state index contributed by atoms with van der Waals surface area (Å²) in [6, 6.07) is 17.2. The topological polar surface area (TPSA) is 274 Å². The second kappa shape index (κ2) is 31.9. The Morgan fingerprint density at radius 3 is 1.57 bits per heavy atom. The van der Waals surface area contributed by atoms with Crippen molar-refractivity contribution in [1.29, 1.82) is 10.5 Å². The second-order valence-corrected chi connectivity index (χ2v) is 20.4. The number of esters is 1. The molecule has 0 unspecified atom stereocenters. The maximum Gasteiger partial charge on any atom is 0.328 e. The zero-order valence-electron chi connectivity index (χ0n) is 43.1. The standard InChI is InChI=1S/C27H36N6O4S.C26H34N6O4S/c1-37-27(36)24(11-13-38-2)31-25(34)18-32(16-21-7-4-3-6-20(21)14-28)17-23-8-5-12-33(23)26(35)10-9-22-15-29-19-30-22;1-37-12-10-23(26(35)36)30-24(33)17-31(15-20-6-3-2-5-19(20)13-27)16-22-7-4-11-32(22)25(34)9-8-21-14-28-18-29-21/h3-4,6-7,15,19,23-24H,5,8-13,16-18H2,1-2H3,(H,29,30)(H,31,34);2-3,5-6,14,18,22-23H,4,7-12,15-17H2,1H3,(H,28,29)(H,30,33)(H,35,36)/t23-,24-;22-,23-/m00/s1. The van der Waals surface area contributed by atoms with Gasteiger partial charge in [0.2, 0.25) is 23.6 Å². The fourth-order valence-electron chi connectivity index (χ4n) is 9.31. The van der Waals surface area contributed by atoms with Crippen molar-refractivity contribution in [1.82, 2.24) is 50.2 Å². The number of methoxy groups -OCH3 is 1. The number of nitriles is 2. The minimum atomic E-state index is -1.06. The maximum absolute atomic E-state index is 13.1. The van der Waals surface area contributed by atoms with Crippen LogP contribution in [-0.4, -0.2) is 175 Å². The Kier molecular flexibility index (Phi) is 25.2. The van der Waals surface area contributed by atoms with Gasteiger partial charge in [0.1, 0.15) is 12.1 Å². The van der Waals surface area contributed by atoms with Crippen LogP contribution in [0.15, 0.2) is 73.6 Å². The van der Waals surface area contributed by atoms with Crippen molar-refractivity contribution >= 4 is 59.1 Å². The average molecular weight is 1070 g/mol. The first kappa shape index (κ1) is 59.2. The number of aromatic nitrogens is 4. The number of carboxylic acid groups (broad SMARTS) is 1. The highest BCUT2D eigenvalue weighted by molar-refractivity contribution is 7.98. The number of hydrogen-bond acceptors (Lipinski definition) is 15. The lowest BCUT2D eigenvalue weighted by Crippen LogP contribution is -2.49. The highest BCUT2D eigenvalue weighted by atomic mass is 32.2. The molecule has 4 atom stereocenters. The molecule has 22 heteroatoms. The summed E-state index contributed by atoms with van der Waals surface area (Å²) < 4.78 is 4.88. The molecule has 2 aliphatic heterocycles. The van der Waals surface area contributed by atoms with Crippen molar-refractivity contribution in [2.24, 2.45) is 0 Å². The summed E-state index contributed by atoms with van der Waals surface area (Å²) >= 11 is 3.11. The number of likely N-dealkylation sites (tertiary alicyclic amines) is 2. The highest BCUT2D eigenvalue weighted by Gasteiger charge is 2.33. The van der Waals surface area contributed by atoms with Crippen LogP contribution in [0.4, 0.5) is 0 Å². The number of imidazole rings is 2. The number of nitrogens with zero attached hydrogens (tertiary/aromatic N) is 8. The number of aliphatic carboxylic acids is 1. The number of thioether (sulfide) groups is 2. The second-order valence-electron chi connectivity index (χ2n) is 18.5. The molecule has 4 heterocycles. The molecule has 4 aromatic rings. The predicted molar refractivity (Wildman–Crippen MR) is 286 cm³/mol. The van der Waals surface area contributed by atoms with Crippen LogP contribution >= 0.6 is 23.5 Å². The quantitative estimate of drug-likeness (QED) is 0.0500. The van der Waals surface area contributed by atoms with Gasteiger partial charge in [0.25, 0.3) is 0 Å². The largest absolute Gasteiger partial charge is 0.480 e. The first-order valence-electron chi connectivity index (χ1n) is 25.2. The molecular weight excluding hydrogens is 997 g/mol. The van der Waals surface area contributed by atoms with Gasteiger partial charge in [-0.15, -0.1) is 0 Å². The number of aryl methyl sites for hydroxylation is 2. The number of nitrogens with one attached hydrogen (secondary N) is 4. The van der Waals surface area contributed by atoms with Gasteiger partial charge in [-0.05, 0) is 98.6 Å². The van der Waals surface area contributed by atoms with Crippen LogP contribution in [0.2, 0.25) is 0 Å². The maximum atomic E-state index is 13.1. The number of benzene rings is 2. The van der Waals surface area contributed by atoms with E-state index in [-0.39, 0.29) is 42.9 Å². The van der Waals surface area contributed by atoms with Gasteiger partial charge in [-0.1, -0.05) is 36.4 Å². The zero-order chi connectivity index (χ0) is 54.0. The lowest BCUT2D eigenvalue weighted by molar-refractivity contribution is -0.145. The van der Waals surface area contributed by atoms with Crippen LogP contribution in [-0.2, 0) is 59.4 Å². The predicted octanol–water partition coefficient (Wildman–Crippen LogP) is 4.15. The van der Waals surface area contributed by atoms with E-state index < -0.39 is 29.9 Å². The minimum Gasteiger partial charge on any atom is -0.480 e. The van der Waals surface area contributed by atoms with Gasteiger partial charge in [-0.25, -0.2) is 19.6 Å². The van der Waals surface area contributed by atoms with E-state index >= 15 is 0 Å². The number of carboxylic acids is 1. The van der Waals surface area contributed by atoms with Crippen LogP contribution in [0.1, 0.15) is 85.0 Å². The molecule has 5 N–H and O–H groups in total. The third-order valence-corrected chi connectivity index (χ3v) is 14.4. The van der Waals surface area contributed by atoms with Gasteiger partial charge in [0, 0.05) is 88.0 Å². The Hall–Kier alpha value is -6.72. The Morgan fingerprint density at radius 2 is 1.17 bits per heavy atom. The molecule has 0 radical (unpaired) electrons. The van der Waals surface area contributed by atoms with E-state index in [4.69, 9.17) is 4.74 Å². The fraction of sp³-hybridized carbons (Fsp3) is 0.509. The van der Waals surface area contributed by atoms with Crippen molar-refractivity contribution in [2.75, 3.05) is 70.4 Å². The molecule has 6 rings (SSSR count). The number of aromatic amines is 2. The van der Waals surface area contributed by atoms with Crippen molar-refractivity contribution in [3.63, 3.8) is 0 Å². The van der Waals surface area contributed by atoms with Crippen LogP contribution in [0, 0.1) is 22.7 Å². The highest BCUT2D eigenvalue weighted by Crippen LogP contribution is 2.24. The summed E-state index contributed by atoms with van der Waals surface area (Å²) in [6.45, 7) is 2.98. The summed E-state index contributed by atoms with van der Waals surface area (Å²) in [5, 5.41) is 34.1. The van der Waals surface area contributed by atoms with Crippen LogP contribution in [0.3, 0.4) is 0 Å². The van der Waals surface area contributed by atoms with Gasteiger partial charge in [-0.2, -0.15) is 34.0 Å². The van der Waals surface area contributed by atoms with Crippen molar-refractivity contribution in [2.45, 2.75) is 101 Å². The number of rotatable bonds is 28. The number of H-pyrrole nitrogens is 2. The third kappa shape index (κ3) is 19.5. The fourth-order valence-corrected chi connectivity index (χ4v) is 10.3. The van der Waals surface area contributed by atoms with E-state index in [0.29, 0.717) is 100 Å². The number of amides is 4. The van der Waals surface area contributed by atoms with E-state index in [0.717, 1.165) is 48.2 Å². The molecular formula is C53H70N12O8S2. The Labute approximate surface area is 447 Å². The molecule has 20 nitrogen and oxygen atoms in total. The molecule has 2 aromatic heterocycles. The lowest BCUT2D eigenvalue weighted by Gasteiger charge is -2.31. The molecule has 4 amide bonds. The van der Waals surface area contributed by atoms with Crippen LogP contribution < -0.4 is 10.6 Å². The van der Waals surface area contributed by atoms with Crippen molar-refractivity contribution < 1.29 is 38.6 Å². The molecule has 0 spiro atoms. The molecule has 0 bridgehead atoms. The molecule has 2 fully saturated rings. The van der Waals surface area contributed by atoms with Gasteiger partial charge < -0.3 is 40.2 Å². The zero-order valence-corrected chi connectivity index (χ0v) is 44.7. The van der Waals surface area contributed by atoms with Gasteiger partial charge in [0.05, 0.1) is 56.1 Å². The number of carbonyl (C=O) groups excluding carboxylic acids is 5. The van der Waals surface area contributed by atoms with Crippen LogP contribution in [0.5, 0.6) is 0 Å². The third-order valence-electron chi connectivity index (χ3n) is 13.1. The normalized spacial score (nSPS) is 15.8. The summed E-state index contributed by atoms with van der Waals surface area (Å²) in [7, 11) is 1.31. The summed E-state index contributed by atoms with van der Waals surface area (Å²) in [6.07, 6.45) is 16.6. The minimum absolute atomic E-state index is 0.0270. The SMILES string of the molecule is COC(=O)[C@H](CCSC)NC(=O)CN(Cc1ccccc1C#N)C[C@@H]1CCCN1C(=O)CCc1cnc[nH]1.CSCC[C@H](NC(=O)CN(Cc1ccccc1C#N)C[C@@H]1CCCN1C(=O)CCc1cnc[nH]1)C(=O)O. The Morgan fingerprint density at radius 1 is 0.733 bits per heavy atom.